The first kappa shape index (κ1) is 15.2. The van der Waals surface area contributed by atoms with Crippen molar-refractivity contribution in [3.8, 4) is 0 Å². The Balaban J connectivity index is 2.33. The molecule has 0 aliphatic carbocycles. The van der Waals surface area contributed by atoms with Crippen LogP contribution in [-0.4, -0.2) is 12.6 Å². The summed E-state index contributed by atoms with van der Waals surface area (Å²) < 4.78 is 38.6. The van der Waals surface area contributed by atoms with Gasteiger partial charge in [0.15, 0.2) is 0 Å². The number of hydrogen-bond donors (Lipinski definition) is 1. The van der Waals surface area contributed by atoms with Crippen molar-refractivity contribution in [1.82, 2.24) is 0 Å². The molecule has 1 saturated heterocycles. The Kier molecular flexibility index (Phi) is 4.58. The first-order valence-corrected chi connectivity index (χ1v) is 7.14. The number of nitrogens with zero attached hydrogens (tertiary/aromatic N) is 1. The molecule has 0 bridgehead atoms. The van der Waals surface area contributed by atoms with E-state index in [0.717, 1.165) is 31.5 Å². The first-order chi connectivity index (χ1) is 9.47. The smallest absolute Gasteiger partial charge is 0.369 e. The normalized spacial score (nSPS) is 20.2. The van der Waals surface area contributed by atoms with Crippen LogP contribution in [0.15, 0.2) is 18.2 Å². The maximum atomic E-state index is 12.9. The van der Waals surface area contributed by atoms with Gasteiger partial charge in [-0.1, -0.05) is 6.92 Å². The van der Waals surface area contributed by atoms with Gasteiger partial charge in [0.25, 0.3) is 0 Å². The lowest BCUT2D eigenvalue weighted by molar-refractivity contribution is -0.138. The highest BCUT2D eigenvalue weighted by Gasteiger charge is 2.33. The van der Waals surface area contributed by atoms with Crippen LogP contribution in [-0.2, 0) is 12.7 Å². The van der Waals surface area contributed by atoms with Crippen molar-refractivity contribution >= 4 is 5.69 Å². The Morgan fingerprint density at radius 1 is 1.30 bits per heavy atom. The summed E-state index contributed by atoms with van der Waals surface area (Å²) in [5.74, 6) is 0. The Morgan fingerprint density at radius 2 is 2.05 bits per heavy atom. The molecule has 2 rings (SSSR count). The van der Waals surface area contributed by atoms with E-state index in [2.05, 4.69) is 11.8 Å². The van der Waals surface area contributed by atoms with Gasteiger partial charge in [-0.2, -0.15) is 13.2 Å². The van der Waals surface area contributed by atoms with Crippen LogP contribution in [0.25, 0.3) is 0 Å². The number of piperidine rings is 1. The van der Waals surface area contributed by atoms with Gasteiger partial charge in [-0.3, -0.25) is 0 Å². The fourth-order valence-electron chi connectivity index (χ4n) is 2.97. The maximum absolute atomic E-state index is 12.9. The van der Waals surface area contributed by atoms with Gasteiger partial charge in [-0.25, -0.2) is 0 Å². The van der Waals surface area contributed by atoms with E-state index >= 15 is 0 Å². The van der Waals surface area contributed by atoms with E-state index in [1.165, 1.54) is 12.5 Å². The van der Waals surface area contributed by atoms with E-state index in [1.807, 2.05) is 0 Å². The highest BCUT2D eigenvalue weighted by molar-refractivity contribution is 5.53. The summed E-state index contributed by atoms with van der Waals surface area (Å²) in [6.45, 7) is 2.94. The molecule has 1 aliphatic heterocycles. The van der Waals surface area contributed by atoms with Crippen LogP contribution in [0.3, 0.4) is 0 Å². The molecule has 1 aromatic rings. The van der Waals surface area contributed by atoms with Crippen molar-refractivity contribution < 1.29 is 13.2 Å². The maximum Gasteiger partial charge on any atom is 0.416 e. The third-order valence-corrected chi connectivity index (χ3v) is 4.04. The van der Waals surface area contributed by atoms with E-state index in [-0.39, 0.29) is 12.1 Å². The molecule has 2 nitrogen and oxygen atoms in total. The number of alkyl halides is 3. The quantitative estimate of drug-likeness (QED) is 0.912. The number of hydrogen-bond acceptors (Lipinski definition) is 2. The van der Waals surface area contributed by atoms with Crippen molar-refractivity contribution in [1.29, 1.82) is 0 Å². The number of anilines is 1. The zero-order chi connectivity index (χ0) is 14.8. The lowest BCUT2D eigenvalue weighted by Gasteiger charge is -2.37. The molecule has 0 saturated carbocycles. The molecule has 1 atom stereocenters. The molecule has 0 amide bonds. The van der Waals surface area contributed by atoms with Gasteiger partial charge in [0.1, 0.15) is 0 Å². The molecule has 0 aromatic heterocycles. The summed E-state index contributed by atoms with van der Waals surface area (Å²) in [6.07, 6.45) is 0.0720. The molecule has 1 aromatic carbocycles. The minimum Gasteiger partial charge on any atom is -0.369 e. The monoisotopic (exact) mass is 286 g/mol. The molecule has 2 N–H and O–H groups in total. The molecule has 1 heterocycles. The van der Waals surface area contributed by atoms with Crippen LogP contribution >= 0.6 is 0 Å². The van der Waals surface area contributed by atoms with Gasteiger partial charge in [0.2, 0.25) is 0 Å². The van der Waals surface area contributed by atoms with E-state index in [0.29, 0.717) is 6.04 Å². The Hall–Kier alpha value is -1.23. The molecule has 0 radical (unpaired) electrons. The fraction of sp³-hybridized carbons (Fsp3) is 0.600. The molecular formula is C15H21F3N2. The second-order valence-electron chi connectivity index (χ2n) is 5.29. The fourth-order valence-corrected chi connectivity index (χ4v) is 2.97. The Labute approximate surface area is 117 Å². The molecule has 0 spiro atoms. The van der Waals surface area contributed by atoms with E-state index in [4.69, 9.17) is 5.73 Å². The molecule has 1 aliphatic rings. The van der Waals surface area contributed by atoms with Crippen molar-refractivity contribution in [2.24, 2.45) is 5.73 Å². The lowest BCUT2D eigenvalue weighted by Crippen LogP contribution is -2.39. The van der Waals surface area contributed by atoms with Gasteiger partial charge < -0.3 is 10.6 Å². The summed E-state index contributed by atoms with van der Waals surface area (Å²) in [5, 5.41) is 0. The van der Waals surface area contributed by atoms with Crippen molar-refractivity contribution in [2.45, 2.75) is 51.4 Å². The zero-order valence-electron chi connectivity index (χ0n) is 11.7. The van der Waals surface area contributed by atoms with E-state index < -0.39 is 11.7 Å². The predicted octanol–water partition coefficient (Wildman–Crippen LogP) is 3.93. The van der Waals surface area contributed by atoms with Gasteiger partial charge in [0, 0.05) is 24.8 Å². The first-order valence-electron chi connectivity index (χ1n) is 7.14. The number of nitrogens with two attached hydrogens (primary N) is 1. The Bertz CT molecular complexity index is 457. The average Bonchev–Trinajstić information content (AvgIpc) is 2.45. The second kappa shape index (κ2) is 6.04. The minimum absolute atomic E-state index is 0.0900. The minimum atomic E-state index is -4.33. The van der Waals surface area contributed by atoms with Crippen molar-refractivity contribution in [3.05, 3.63) is 29.3 Å². The molecule has 5 heteroatoms. The molecular weight excluding hydrogens is 265 g/mol. The third-order valence-electron chi connectivity index (χ3n) is 4.04. The predicted molar refractivity (Wildman–Crippen MR) is 74.6 cm³/mol. The van der Waals surface area contributed by atoms with Crippen molar-refractivity contribution in [3.63, 3.8) is 0 Å². The van der Waals surface area contributed by atoms with Crippen LogP contribution in [0.1, 0.15) is 43.7 Å². The van der Waals surface area contributed by atoms with E-state index in [1.54, 1.807) is 12.1 Å². The molecule has 112 valence electrons. The summed E-state index contributed by atoms with van der Waals surface area (Å²) in [6, 6.07) is 4.78. The largest absolute Gasteiger partial charge is 0.416 e. The third kappa shape index (κ3) is 3.08. The van der Waals surface area contributed by atoms with Crippen LogP contribution in [0.4, 0.5) is 18.9 Å². The molecule has 1 unspecified atom stereocenters. The molecule has 1 fully saturated rings. The lowest BCUT2D eigenvalue weighted by atomic mass is 9.98. The van der Waals surface area contributed by atoms with Crippen LogP contribution in [0, 0.1) is 0 Å². The Morgan fingerprint density at radius 3 is 2.65 bits per heavy atom. The number of halogens is 3. The SMILES string of the molecule is CCC1CCCCN1c1ccc(C(F)(F)F)c(CN)c1. The summed E-state index contributed by atoms with van der Waals surface area (Å²) >= 11 is 0. The van der Waals surface area contributed by atoms with Gasteiger partial charge in [0.05, 0.1) is 5.56 Å². The van der Waals surface area contributed by atoms with Crippen LogP contribution < -0.4 is 10.6 Å². The van der Waals surface area contributed by atoms with Gasteiger partial charge in [-0.05, 0) is 49.4 Å². The average molecular weight is 286 g/mol. The van der Waals surface area contributed by atoms with Crippen LogP contribution in [0.5, 0.6) is 0 Å². The van der Waals surface area contributed by atoms with Crippen LogP contribution in [0.2, 0.25) is 0 Å². The van der Waals surface area contributed by atoms with Crippen molar-refractivity contribution in [2.75, 3.05) is 11.4 Å². The standard InChI is InChI=1S/C15H21F3N2/c1-2-12-5-3-4-8-20(12)13-6-7-14(15(16,17)18)11(9-13)10-19/h6-7,9,12H,2-5,8,10,19H2,1H3. The highest BCUT2D eigenvalue weighted by Crippen LogP contribution is 2.35. The zero-order valence-corrected chi connectivity index (χ0v) is 11.7. The molecule has 20 heavy (non-hydrogen) atoms. The summed E-state index contributed by atoms with van der Waals surface area (Å²) in [5.41, 5.74) is 5.92. The summed E-state index contributed by atoms with van der Waals surface area (Å²) in [4.78, 5) is 2.23. The highest BCUT2D eigenvalue weighted by atomic mass is 19.4. The van der Waals surface area contributed by atoms with Gasteiger partial charge in [-0.15, -0.1) is 0 Å². The topological polar surface area (TPSA) is 29.3 Å². The number of rotatable bonds is 3. The number of benzene rings is 1. The summed E-state index contributed by atoms with van der Waals surface area (Å²) in [7, 11) is 0. The second-order valence-corrected chi connectivity index (χ2v) is 5.29. The van der Waals surface area contributed by atoms with Gasteiger partial charge >= 0.3 is 6.18 Å². The van der Waals surface area contributed by atoms with E-state index in [9.17, 15) is 13.2 Å².